The van der Waals surface area contributed by atoms with Gasteiger partial charge in [-0.2, -0.15) is 0 Å². The molecule has 2 aromatic heterocycles. The van der Waals surface area contributed by atoms with Crippen LogP contribution in [0.1, 0.15) is 25.0 Å². The Balaban J connectivity index is 1.19. The summed E-state index contributed by atoms with van der Waals surface area (Å²) >= 11 is 1.87. The molecule has 0 radical (unpaired) electrons. The van der Waals surface area contributed by atoms with E-state index in [1.54, 1.807) is 0 Å². The normalized spacial score (nSPS) is 13.3. The number of hydrogen-bond donors (Lipinski definition) is 0. The van der Waals surface area contributed by atoms with Gasteiger partial charge in [0.15, 0.2) is 0 Å². The van der Waals surface area contributed by atoms with Crippen LogP contribution in [0.2, 0.25) is 0 Å². The summed E-state index contributed by atoms with van der Waals surface area (Å²) in [4.78, 5) is 2.47. The van der Waals surface area contributed by atoms with Crippen molar-refractivity contribution in [3.05, 3.63) is 175 Å². The molecule has 1 aliphatic carbocycles. The molecule has 2 nitrogen and oxygen atoms in total. The van der Waals surface area contributed by atoms with Crippen LogP contribution in [-0.4, -0.2) is 0 Å². The molecule has 3 heteroatoms. The number of thiophene rings is 1. The molecule has 0 fully saturated rings. The minimum Gasteiger partial charge on any atom is -0.455 e. The van der Waals surface area contributed by atoms with Gasteiger partial charge in [0.05, 0.1) is 10.4 Å². The summed E-state index contributed by atoms with van der Waals surface area (Å²) in [5, 5.41) is 7.21. The zero-order chi connectivity index (χ0) is 34.6. The Morgan fingerprint density at radius 3 is 2.13 bits per heavy atom. The van der Waals surface area contributed by atoms with Crippen LogP contribution in [0.15, 0.2) is 168 Å². The lowest BCUT2D eigenvalue weighted by atomic mass is 9.82. The van der Waals surface area contributed by atoms with Crippen LogP contribution in [0, 0.1) is 0 Å². The van der Waals surface area contributed by atoms with Crippen LogP contribution in [0.3, 0.4) is 0 Å². The van der Waals surface area contributed by atoms with Crippen LogP contribution in [0.4, 0.5) is 17.1 Å². The molecule has 10 aromatic rings. The van der Waals surface area contributed by atoms with Crippen LogP contribution < -0.4 is 4.90 Å². The lowest BCUT2D eigenvalue weighted by Crippen LogP contribution is -2.16. The summed E-state index contributed by atoms with van der Waals surface area (Å²) in [6.07, 6.45) is 0. The highest BCUT2D eigenvalue weighted by molar-refractivity contribution is 7.26. The smallest absolute Gasteiger partial charge is 0.143 e. The Hall–Kier alpha value is -6.16. The summed E-state index contributed by atoms with van der Waals surface area (Å²) in [7, 11) is 0. The first-order valence-electron chi connectivity index (χ1n) is 17.9. The number of furan rings is 1. The van der Waals surface area contributed by atoms with Gasteiger partial charge < -0.3 is 9.32 Å². The second kappa shape index (κ2) is 10.9. The summed E-state index contributed by atoms with van der Waals surface area (Å²) in [5.74, 6) is 0. The molecule has 246 valence electrons. The Bertz CT molecular complexity index is 3060. The third-order valence-electron chi connectivity index (χ3n) is 11.2. The average Bonchev–Trinajstić information content (AvgIpc) is 3.82. The molecule has 0 unspecified atom stereocenters. The summed E-state index contributed by atoms with van der Waals surface area (Å²) in [6, 6.07) is 59.8. The number of rotatable bonds is 4. The van der Waals surface area contributed by atoms with Crippen molar-refractivity contribution in [2.45, 2.75) is 19.3 Å². The summed E-state index contributed by atoms with van der Waals surface area (Å²) < 4.78 is 9.39. The molecule has 0 saturated carbocycles. The number of benzene rings is 8. The highest BCUT2D eigenvalue weighted by Crippen LogP contribution is 2.52. The lowest BCUT2D eigenvalue weighted by molar-refractivity contribution is 0.660. The molecular weight excluding hydrogens is 651 g/mol. The number of fused-ring (bicyclic) bond motifs is 10. The molecule has 1 aliphatic rings. The fraction of sp³-hybridized carbons (Fsp3) is 0.0612. The molecule has 0 aliphatic heterocycles. The summed E-state index contributed by atoms with van der Waals surface area (Å²) in [6.45, 7) is 4.72. The van der Waals surface area contributed by atoms with Gasteiger partial charge in [0.25, 0.3) is 0 Å². The van der Waals surface area contributed by atoms with E-state index < -0.39 is 0 Å². The van der Waals surface area contributed by atoms with E-state index in [2.05, 4.69) is 183 Å². The minimum absolute atomic E-state index is 0.114. The first-order chi connectivity index (χ1) is 25.5. The lowest BCUT2D eigenvalue weighted by Gasteiger charge is -2.28. The SMILES string of the molecule is CC1(C)c2ccccc2-c2ccc(N(c3ccc4oc5c(-c6ccccc6)c6ccccc6cc5c4c3)c3cccc4c3sc3ccccc34)cc21. The van der Waals surface area contributed by atoms with Crippen molar-refractivity contribution in [2.24, 2.45) is 0 Å². The number of nitrogens with zero attached hydrogens (tertiary/aromatic N) is 1. The van der Waals surface area contributed by atoms with Crippen molar-refractivity contribution < 1.29 is 4.42 Å². The van der Waals surface area contributed by atoms with E-state index in [-0.39, 0.29) is 5.41 Å². The van der Waals surface area contributed by atoms with Gasteiger partial charge in [-0.1, -0.05) is 129 Å². The highest BCUT2D eigenvalue weighted by Gasteiger charge is 2.36. The van der Waals surface area contributed by atoms with E-state index in [4.69, 9.17) is 4.42 Å². The molecule has 0 N–H and O–H groups in total. The fourth-order valence-electron chi connectivity index (χ4n) is 8.76. The van der Waals surface area contributed by atoms with E-state index >= 15 is 0 Å². The Morgan fingerprint density at radius 1 is 0.519 bits per heavy atom. The number of anilines is 3. The zero-order valence-corrected chi connectivity index (χ0v) is 29.7. The van der Waals surface area contributed by atoms with Gasteiger partial charge in [-0.15, -0.1) is 11.3 Å². The van der Waals surface area contributed by atoms with Crippen LogP contribution in [0.5, 0.6) is 0 Å². The highest BCUT2D eigenvalue weighted by atomic mass is 32.1. The van der Waals surface area contributed by atoms with Crippen molar-refractivity contribution in [1.82, 2.24) is 0 Å². The quantitative estimate of drug-likeness (QED) is 0.184. The predicted molar refractivity (Wildman–Crippen MR) is 222 cm³/mol. The topological polar surface area (TPSA) is 16.4 Å². The molecule has 0 amide bonds. The maximum Gasteiger partial charge on any atom is 0.143 e. The van der Waals surface area contributed by atoms with Gasteiger partial charge in [-0.3, -0.25) is 0 Å². The molecule has 2 heterocycles. The Kier molecular flexibility index (Phi) is 6.21. The van der Waals surface area contributed by atoms with E-state index in [1.165, 1.54) is 58.9 Å². The molecule has 0 spiro atoms. The van der Waals surface area contributed by atoms with Crippen molar-refractivity contribution in [3.63, 3.8) is 0 Å². The molecule has 8 aromatic carbocycles. The molecule has 0 bridgehead atoms. The van der Waals surface area contributed by atoms with Crippen LogP contribution in [-0.2, 0) is 5.41 Å². The van der Waals surface area contributed by atoms with E-state index in [0.29, 0.717) is 0 Å². The first kappa shape index (κ1) is 29.6. The summed E-state index contributed by atoms with van der Waals surface area (Å²) in [5.41, 5.74) is 12.8. The Morgan fingerprint density at radius 2 is 1.23 bits per heavy atom. The largest absolute Gasteiger partial charge is 0.455 e. The number of hydrogen-bond acceptors (Lipinski definition) is 3. The third-order valence-corrected chi connectivity index (χ3v) is 12.4. The van der Waals surface area contributed by atoms with Crippen molar-refractivity contribution >= 4 is 81.3 Å². The van der Waals surface area contributed by atoms with Gasteiger partial charge in [0.2, 0.25) is 0 Å². The van der Waals surface area contributed by atoms with E-state index in [9.17, 15) is 0 Å². The van der Waals surface area contributed by atoms with Crippen LogP contribution >= 0.6 is 11.3 Å². The molecule has 11 rings (SSSR count). The minimum atomic E-state index is -0.114. The van der Waals surface area contributed by atoms with E-state index in [0.717, 1.165) is 44.4 Å². The van der Waals surface area contributed by atoms with Crippen molar-refractivity contribution in [3.8, 4) is 22.3 Å². The molecule has 52 heavy (non-hydrogen) atoms. The molecular formula is C49H33NOS. The van der Waals surface area contributed by atoms with E-state index in [1.807, 2.05) is 11.3 Å². The zero-order valence-electron chi connectivity index (χ0n) is 28.9. The maximum absolute atomic E-state index is 6.81. The first-order valence-corrected chi connectivity index (χ1v) is 18.7. The Labute approximate surface area is 305 Å². The maximum atomic E-state index is 6.81. The monoisotopic (exact) mass is 683 g/mol. The standard InChI is InChI=1S/C49H33NOS/c1-49(2)41-20-10-8-17-35(41)36-25-23-33(29-42(36)49)50(43-21-12-19-38-37-18-9-11-22-45(37)52-48(38)43)32-24-26-44-39(28-32)40-27-31-15-6-7-16-34(31)46(47(40)51-44)30-13-4-3-5-14-30/h3-29H,1-2H3. The van der Waals surface area contributed by atoms with Gasteiger partial charge in [-0.05, 0) is 87.1 Å². The van der Waals surface area contributed by atoms with Gasteiger partial charge >= 0.3 is 0 Å². The van der Waals surface area contributed by atoms with Gasteiger partial charge in [0, 0.05) is 48.6 Å². The van der Waals surface area contributed by atoms with Gasteiger partial charge in [0.1, 0.15) is 11.2 Å². The fourth-order valence-corrected chi connectivity index (χ4v) is 9.97. The second-order valence-electron chi connectivity index (χ2n) is 14.5. The van der Waals surface area contributed by atoms with Crippen LogP contribution in [0.25, 0.3) is 75.1 Å². The molecule has 0 saturated heterocycles. The van der Waals surface area contributed by atoms with Crippen molar-refractivity contribution in [1.29, 1.82) is 0 Å². The third kappa shape index (κ3) is 4.17. The molecule has 0 atom stereocenters. The van der Waals surface area contributed by atoms with Crippen molar-refractivity contribution in [2.75, 3.05) is 4.90 Å². The predicted octanol–water partition coefficient (Wildman–Crippen LogP) is 14.6. The second-order valence-corrected chi connectivity index (χ2v) is 15.5. The van der Waals surface area contributed by atoms with Gasteiger partial charge in [-0.25, -0.2) is 0 Å². The average molecular weight is 684 g/mol.